The molecular formula is C30H69N2O3P. The topological polar surface area (TPSA) is 118 Å². The van der Waals surface area contributed by atoms with E-state index >= 15 is 0 Å². The Morgan fingerprint density at radius 2 is 0.583 bits per heavy atom. The number of quaternary nitrogens is 2. The van der Waals surface area contributed by atoms with E-state index < -0.39 is 7.60 Å². The van der Waals surface area contributed by atoms with Gasteiger partial charge in [-0.05, 0) is 31.8 Å². The molecule has 6 heteroatoms. The van der Waals surface area contributed by atoms with Crippen LogP contribution in [0.2, 0.25) is 0 Å². The van der Waals surface area contributed by atoms with E-state index in [9.17, 15) is 14.4 Å². The molecule has 0 spiro atoms. The molecule has 0 heterocycles. The number of hydrogen-bond donors (Lipinski definition) is 2. The van der Waals surface area contributed by atoms with Crippen molar-refractivity contribution in [2.45, 2.75) is 175 Å². The fourth-order valence-electron chi connectivity index (χ4n) is 4.04. The second-order valence-electron chi connectivity index (χ2n) is 10.4. The fourth-order valence-corrected chi connectivity index (χ4v) is 4.04. The predicted molar refractivity (Wildman–Crippen MR) is 156 cm³/mol. The number of hydrogen-bond acceptors (Lipinski definition) is 3. The largest absolute Gasteiger partial charge is 0.811 e. The van der Waals surface area contributed by atoms with Gasteiger partial charge in [0.15, 0.2) is 0 Å². The molecule has 0 amide bonds. The summed E-state index contributed by atoms with van der Waals surface area (Å²) in [7, 11) is -4.15. The van der Waals surface area contributed by atoms with Crippen LogP contribution in [0.15, 0.2) is 0 Å². The van der Waals surface area contributed by atoms with Crippen molar-refractivity contribution >= 4 is 7.60 Å². The van der Waals surface area contributed by atoms with Crippen LogP contribution in [0.5, 0.6) is 0 Å². The van der Waals surface area contributed by atoms with Crippen molar-refractivity contribution in [1.82, 2.24) is 0 Å². The molecule has 0 saturated heterocycles. The van der Waals surface area contributed by atoms with E-state index in [-0.39, 0.29) is 6.16 Å². The molecule has 0 saturated carbocycles. The molecule has 0 aliphatic rings. The highest BCUT2D eigenvalue weighted by Gasteiger charge is 1.94. The molecule has 0 fully saturated rings. The Kier molecular flexibility index (Phi) is 41.9. The maximum Gasteiger partial charge on any atom is 0.0739 e. The Balaban J connectivity index is -0.000000495. The molecule has 222 valence electrons. The number of rotatable bonds is 25. The molecule has 0 aliphatic carbocycles. The summed E-state index contributed by atoms with van der Waals surface area (Å²) < 4.78 is 9.47. The molecule has 0 rings (SSSR count). The van der Waals surface area contributed by atoms with Crippen molar-refractivity contribution < 1.29 is 25.8 Å². The van der Waals surface area contributed by atoms with Gasteiger partial charge in [-0.15, -0.1) is 0 Å². The van der Waals surface area contributed by atoms with Gasteiger partial charge in [-0.1, -0.05) is 157 Å². The first-order valence-electron chi connectivity index (χ1n) is 16.0. The fraction of sp³-hybridized carbons (Fsp3) is 1.00. The van der Waals surface area contributed by atoms with Gasteiger partial charge in [-0.3, -0.25) is 0 Å². The third kappa shape index (κ3) is 50.8. The van der Waals surface area contributed by atoms with Crippen LogP contribution in [-0.2, 0) is 4.57 Å². The summed E-state index contributed by atoms with van der Waals surface area (Å²) in [6.07, 6.45) is 34.2. The molecule has 0 aromatic rings. The monoisotopic (exact) mass is 537 g/mol. The highest BCUT2D eigenvalue weighted by atomic mass is 31.2. The van der Waals surface area contributed by atoms with E-state index in [2.05, 4.69) is 25.3 Å². The first-order valence-corrected chi connectivity index (χ1v) is 17.7. The SMILES string of the molecule is CCCCCCCCCCCCCC[NH3+].CCCCCCCCCCCCCC[NH3+].CCP(=O)([O-])[O-]. The maximum atomic E-state index is 9.47. The Bertz CT molecular complexity index is 356. The predicted octanol–water partition coefficient (Wildman–Crippen LogP) is 6.78. The molecule has 0 aromatic carbocycles. The molecule has 6 N–H and O–H groups in total. The van der Waals surface area contributed by atoms with E-state index in [1.807, 2.05) is 0 Å². The quantitative estimate of drug-likeness (QED) is 0.0988. The molecule has 0 aromatic heterocycles. The minimum absolute atomic E-state index is 0.285. The smallest absolute Gasteiger partial charge is 0.0739 e. The van der Waals surface area contributed by atoms with E-state index in [4.69, 9.17) is 0 Å². The molecule has 0 aliphatic heterocycles. The van der Waals surface area contributed by atoms with E-state index in [0.717, 1.165) is 13.1 Å². The van der Waals surface area contributed by atoms with Crippen LogP contribution in [-0.4, -0.2) is 19.3 Å². The van der Waals surface area contributed by atoms with Crippen LogP contribution >= 0.6 is 7.60 Å². The van der Waals surface area contributed by atoms with Gasteiger partial charge in [-0.25, -0.2) is 0 Å². The Hall–Kier alpha value is 0.0700. The van der Waals surface area contributed by atoms with E-state index in [1.165, 1.54) is 161 Å². The lowest BCUT2D eigenvalue weighted by Crippen LogP contribution is -2.50. The maximum absolute atomic E-state index is 9.47. The molecule has 36 heavy (non-hydrogen) atoms. The summed E-state index contributed by atoms with van der Waals surface area (Å²) in [6, 6.07) is 0. The first kappa shape index (κ1) is 40.6. The van der Waals surface area contributed by atoms with Gasteiger partial charge < -0.3 is 25.8 Å². The van der Waals surface area contributed by atoms with Gasteiger partial charge >= 0.3 is 0 Å². The van der Waals surface area contributed by atoms with Crippen LogP contribution in [0.1, 0.15) is 175 Å². The summed E-state index contributed by atoms with van der Waals surface area (Å²) in [4.78, 5) is 18.9. The second kappa shape index (κ2) is 37.2. The zero-order chi connectivity index (χ0) is 27.6. The van der Waals surface area contributed by atoms with Crippen molar-refractivity contribution in [3.05, 3.63) is 0 Å². The molecule has 0 unspecified atom stereocenters. The molecule has 0 bridgehead atoms. The zero-order valence-electron chi connectivity index (χ0n) is 25.2. The van der Waals surface area contributed by atoms with Crippen LogP contribution in [0.25, 0.3) is 0 Å². The van der Waals surface area contributed by atoms with Crippen molar-refractivity contribution in [2.75, 3.05) is 19.3 Å². The van der Waals surface area contributed by atoms with Gasteiger partial charge in [0.1, 0.15) is 0 Å². The summed E-state index contributed by atoms with van der Waals surface area (Å²) >= 11 is 0. The third-order valence-corrected chi connectivity index (χ3v) is 7.37. The van der Waals surface area contributed by atoms with Crippen LogP contribution in [0, 0.1) is 0 Å². The number of unbranched alkanes of at least 4 members (excludes halogenated alkanes) is 22. The minimum atomic E-state index is -4.15. The standard InChI is InChI=1S/2C14H31N.C2H7O3P/c2*1-2-3-4-5-6-7-8-9-10-11-12-13-14-15;1-2-6(3,4)5/h2*2-15H2,1H3;2H2,1H3,(H2,3,4,5). The van der Waals surface area contributed by atoms with E-state index in [0.29, 0.717) is 0 Å². The van der Waals surface area contributed by atoms with Crippen LogP contribution < -0.4 is 21.3 Å². The highest BCUT2D eigenvalue weighted by Crippen LogP contribution is 2.20. The second-order valence-corrected chi connectivity index (χ2v) is 12.3. The van der Waals surface area contributed by atoms with Gasteiger partial charge in [0.05, 0.1) is 13.1 Å². The van der Waals surface area contributed by atoms with E-state index in [1.54, 1.807) is 0 Å². The van der Waals surface area contributed by atoms with Gasteiger partial charge in [0.25, 0.3) is 0 Å². The molecule has 0 radical (unpaired) electrons. The molecule has 0 atom stereocenters. The van der Waals surface area contributed by atoms with Crippen LogP contribution in [0.4, 0.5) is 0 Å². The van der Waals surface area contributed by atoms with Crippen molar-refractivity contribution in [3.8, 4) is 0 Å². The Labute approximate surface area is 227 Å². The minimum Gasteiger partial charge on any atom is -0.811 e. The lowest BCUT2D eigenvalue weighted by atomic mass is 10.1. The van der Waals surface area contributed by atoms with Crippen LogP contribution in [0.3, 0.4) is 0 Å². The average Bonchev–Trinajstić information content (AvgIpc) is 2.86. The van der Waals surface area contributed by atoms with Crippen molar-refractivity contribution in [1.29, 1.82) is 0 Å². The van der Waals surface area contributed by atoms with Gasteiger partial charge in [-0.2, -0.15) is 0 Å². The molecule has 5 nitrogen and oxygen atoms in total. The van der Waals surface area contributed by atoms with Gasteiger partial charge in [0, 0.05) is 0 Å². The lowest BCUT2D eigenvalue weighted by molar-refractivity contribution is -0.368. The summed E-state index contributed by atoms with van der Waals surface area (Å²) in [5.41, 5.74) is 7.74. The first-order chi connectivity index (χ1) is 17.4. The third-order valence-electron chi connectivity index (χ3n) is 6.59. The Morgan fingerprint density at radius 1 is 0.417 bits per heavy atom. The summed E-state index contributed by atoms with van der Waals surface area (Å²) in [5, 5.41) is 0. The molecular weight excluding hydrogens is 467 g/mol. The average molecular weight is 537 g/mol. The normalized spacial score (nSPS) is 11.0. The summed E-state index contributed by atoms with van der Waals surface area (Å²) in [5.74, 6) is 0. The summed E-state index contributed by atoms with van der Waals surface area (Å²) in [6.45, 7) is 8.13. The van der Waals surface area contributed by atoms with Crippen molar-refractivity contribution in [2.24, 2.45) is 0 Å². The van der Waals surface area contributed by atoms with Gasteiger partial charge in [0.2, 0.25) is 0 Å². The zero-order valence-corrected chi connectivity index (χ0v) is 26.1. The highest BCUT2D eigenvalue weighted by molar-refractivity contribution is 7.48. The van der Waals surface area contributed by atoms with Crippen molar-refractivity contribution in [3.63, 3.8) is 0 Å². The Morgan fingerprint density at radius 3 is 0.722 bits per heavy atom. The lowest BCUT2D eigenvalue weighted by Gasteiger charge is -2.26.